The molecule has 1 aromatic heterocycles. The van der Waals surface area contributed by atoms with Gasteiger partial charge in [0, 0.05) is 25.2 Å². The Bertz CT molecular complexity index is 870. The van der Waals surface area contributed by atoms with Gasteiger partial charge in [-0.15, -0.1) is 0 Å². The Hall–Kier alpha value is -3.25. The number of hydrogen-bond acceptors (Lipinski definition) is 4. The van der Waals surface area contributed by atoms with Crippen LogP contribution in [0.25, 0.3) is 12.2 Å². The van der Waals surface area contributed by atoms with Crippen molar-refractivity contribution in [3.8, 4) is 0 Å². The number of aromatic nitrogens is 1. The van der Waals surface area contributed by atoms with Crippen LogP contribution in [-0.4, -0.2) is 40.0 Å². The third-order valence-corrected chi connectivity index (χ3v) is 4.78. The van der Waals surface area contributed by atoms with Gasteiger partial charge in [-0.3, -0.25) is 14.8 Å². The Labute approximate surface area is 164 Å². The molecule has 2 aromatic rings. The smallest absolute Gasteiger partial charge is 0.267 e. The number of hydrogen-bond donors (Lipinski definition) is 2. The van der Waals surface area contributed by atoms with E-state index in [9.17, 15) is 9.59 Å². The normalized spacial score (nSPS) is 15.2. The lowest BCUT2D eigenvalue weighted by atomic mass is 9.89. The molecule has 6 nitrogen and oxygen atoms in total. The van der Waals surface area contributed by atoms with Gasteiger partial charge in [0.25, 0.3) is 5.91 Å². The summed E-state index contributed by atoms with van der Waals surface area (Å²) < 4.78 is 0. The summed E-state index contributed by atoms with van der Waals surface area (Å²) in [5, 5.41) is 8.49. The summed E-state index contributed by atoms with van der Waals surface area (Å²) in [6.45, 7) is 1.49. The minimum Gasteiger partial charge on any atom is -0.339 e. The molecule has 6 heteroatoms. The van der Waals surface area contributed by atoms with E-state index in [4.69, 9.17) is 5.21 Å². The Balaban J connectivity index is 1.56. The zero-order valence-electron chi connectivity index (χ0n) is 15.5. The first-order valence-electron chi connectivity index (χ1n) is 9.27. The summed E-state index contributed by atoms with van der Waals surface area (Å²) >= 11 is 0. The molecule has 28 heavy (non-hydrogen) atoms. The summed E-state index contributed by atoms with van der Waals surface area (Å²) in [6, 6.07) is 15.7. The Morgan fingerprint density at radius 3 is 2.25 bits per heavy atom. The van der Waals surface area contributed by atoms with Crippen molar-refractivity contribution in [3.05, 3.63) is 77.6 Å². The average molecular weight is 377 g/mol. The molecule has 144 valence electrons. The molecule has 2 N–H and O–H groups in total. The Kier molecular flexibility index (Phi) is 6.70. The fourth-order valence-electron chi connectivity index (χ4n) is 3.27. The molecule has 0 unspecified atom stereocenters. The highest BCUT2D eigenvalue weighted by Gasteiger charge is 2.22. The van der Waals surface area contributed by atoms with Gasteiger partial charge in [0.1, 0.15) is 0 Å². The Morgan fingerprint density at radius 2 is 1.61 bits per heavy atom. The molecular weight excluding hydrogens is 354 g/mol. The van der Waals surface area contributed by atoms with Crippen LogP contribution in [0.15, 0.2) is 60.7 Å². The lowest BCUT2D eigenvalue weighted by Crippen LogP contribution is -2.36. The molecule has 0 spiro atoms. The van der Waals surface area contributed by atoms with Gasteiger partial charge in [0.15, 0.2) is 0 Å². The molecule has 1 aromatic carbocycles. The van der Waals surface area contributed by atoms with E-state index in [1.165, 1.54) is 23.2 Å². The lowest BCUT2D eigenvalue weighted by Gasteiger charge is -2.31. The van der Waals surface area contributed by atoms with Crippen molar-refractivity contribution in [1.29, 1.82) is 0 Å². The topological polar surface area (TPSA) is 82.5 Å². The zero-order valence-corrected chi connectivity index (χ0v) is 15.5. The predicted octanol–water partition coefficient (Wildman–Crippen LogP) is 3.02. The number of rotatable bonds is 5. The predicted molar refractivity (Wildman–Crippen MR) is 107 cm³/mol. The standard InChI is InChI=1S/C22H23N3O3/c26-21(24-28)11-9-19-7-4-8-20(23-19)10-12-22(27)25-15-13-18(14-16-25)17-5-2-1-3-6-17/h1-12,18,28H,13-16H2,(H,24,26). The third-order valence-electron chi connectivity index (χ3n) is 4.78. The molecule has 0 atom stereocenters. The summed E-state index contributed by atoms with van der Waals surface area (Å²) in [7, 11) is 0. The van der Waals surface area contributed by atoms with Crippen molar-refractivity contribution < 1.29 is 14.8 Å². The van der Waals surface area contributed by atoms with Gasteiger partial charge < -0.3 is 4.90 Å². The molecule has 1 aliphatic heterocycles. The van der Waals surface area contributed by atoms with Crippen molar-refractivity contribution in [2.75, 3.05) is 13.1 Å². The molecule has 1 saturated heterocycles. The first kappa shape index (κ1) is 19.5. The average Bonchev–Trinajstić information content (AvgIpc) is 2.76. The molecule has 0 aliphatic carbocycles. The second kappa shape index (κ2) is 9.62. The van der Waals surface area contributed by atoms with E-state index in [1.54, 1.807) is 30.4 Å². The first-order valence-corrected chi connectivity index (χ1v) is 9.27. The van der Waals surface area contributed by atoms with Crippen molar-refractivity contribution in [3.63, 3.8) is 0 Å². The van der Waals surface area contributed by atoms with E-state index in [0.29, 0.717) is 17.3 Å². The van der Waals surface area contributed by atoms with Crippen LogP contribution in [0.2, 0.25) is 0 Å². The van der Waals surface area contributed by atoms with E-state index in [-0.39, 0.29) is 5.91 Å². The number of nitrogens with zero attached hydrogens (tertiary/aromatic N) is 2. The number of likely N-dealkylation sites (tertiary alicyclic amines) is 1. The molecule has 0 bridgehead atoms. The number of hydroxylamine groups is 1. The van der Waals surface area contributed by atoms with Crippen LogP contribution in [0.3, 0.4) is 0 Å². The maximum Gasteiger partial charge on any atom is 0.267 e. The number of amides is 2. The monoisotopic (exact) mass is 377 g/mol. The first-order chi connectivity index (χ1) is 13.7. The van der Waals surface area contributed by atoms with Gasteiger partial charge in [-0.2, -0.15) is 0 Å². The van der Waals surface area contributed by atoms with E-state index in [0.717, 1.165) is 25.9 Å². The molecule has 0 saturated carbocycles. The van der Waals surface area contributed by atoms with E-state index in [1.807, 2.05) is 11.0 Å². The largest absolute Gasteiger partial charge is 0.339 e. The molecular formula is C22H23N3O3. The number of carbonyl (C=O) groups is 2. The lowest BCUT2D eigenvalue weighted by molar-refractivity contribution is -0.127. The van der Waals surface area contributed by atoms with Gasteiger partial charge in [-0.25, -0.2) is 10.5 Å². The van der Waals surface area contributed by atoms with Gasteiger partial charge in [0.2, 0.25) is 5.91 Å². The van der Waals surface area contributed by atoms with Crippen LogP contribution in [0.4, 0.5) is 0 Å². The summed E-state index contributed by atoms with van der Waals surface area (Å²) in [5.41, 5.74) is 4.05. The van der Waals surface area contributed by atoms with E-state index in [2.05, 4.69) is 29.2 Å². The van der Waals surface area contributed by atoms with Crippen LogP contribution in [0, 0.1) is 0 Å². The quantitative estimate of drug-likeness (QED) is 0.477. The van der Waals surface area contributed by atoms with Gasteiger partial charge in [0.05, 0.1) is 11.4 Å². The summed E-state index contributed by atoms with van der Waals surface area (Å²) in [6.07, 6.45) is 7.81. The summed E-state index contributed by atoms with van der Waals surface area (Å²) in [5.74, 6) is -0.138. The second-order valence-electron chi connectivity index (χ2n) is 6.64. The fourth-order valence-corrected chi connectivity index (χ4v) is 3.27. The molecule has 0 radical (unpaired) electrons. The zero-order chi connectivity index (χ0) is 19.8. The maximum atomic E-state index is 12.5. The van der Waals surface area contributed by atoms with Gasteiger partial charge >= 0.3 is 0 Å². The van der Waals surface area contributed by atoms with Crippen molar-refractivity contribution in [2.24, 2.45) is 0 Å². The van der Waals surface area contributed by atoms with E-state index >= 15 is 0 Å². The van der Waals surface area contributed by atoms with E-state index < -0.39 is 5.91 Å². The van der Waals surface area contributed by atoms with Gasteiger partial charge in [-0.1, -0.05) is 36.4 Å². The highest BCUT2D eigenvalue weighted by Crippen LogP contribution is 2.27. The minimum absolute atomic E-state index is 0.0195. The van der Waals surface area contributed by atoms with Crippen LogP contribution < -0.4 is 5.48 Å². The number of carbonyl (C=O) groups excluding carboxylic acids is 2. The molecule has 3 rings (SSSR count). The summed E-state index contributed by atoms with van der Waals surface area (Å²) in [4.78, 5) is 29.7. The minimum atomic E-state index is -0.628. The second-order valence-corrected chi connectivity index (χ2v) is 6.64. The molecule has 1 aliphatic rings. The van der Waals surface area contributed by atoms with Crippen molar-refractivity contribution in [1.82, 2.24) is 15.4 Å². The van der Waals surface area contributed by atoms with Crippen molar-refractivity contribution in [2.45, 2.75) is 18.8 Å². The Morgan fingerprint density at radius 1 is 0.964 bits per heavy atom. The molecule has 1 fully saturated rings. The highest BCUT2D eigenvalue weighted by atomic mass is 16.5. The number of nitrogens with one attached hydrogen (secondary N) is 1. The number of pyridine rings is 1. The highest BCUT2D eigenvalue weighted by molar-refractivity contribution is 5.92. The number of benzene rings is 1. The fraction of sp³-hybridized carbons (Fsp3) is 0.227. The van der Waals surface area contributed by atoms with Gasteiger partial charge in [-0.05, 0) is 48.6 Å². The molecule has 2 amide bonds. The SMILES string of the molecule is O=C(C=Cc1cccc(C=CC(=O)N2CCC(c3ccccc3)CC2)n1)NO. The van der Waals surface area contributed by atoms with Crippen LogP contribution in [-0.2, 0) is 9.59 Å². The van der Waals surface area contributed by atoms with Crippen LogP contribution >= 0.6 is 0 Å². The van der Waals surface area contributed by atoms with Crippen LogP contribution in [0.5, 0.6) is 0 Å². The van der Waals surface area contributed by atoms with Crippen molar-refractivity contribution >= 4 is 24.0 Å². The van der Waals surface area contributed by atoms with Crippen LogP contribution in [0.1, 0.15) is 35.7 Å². The molecule has 2 heterocycles. The number of piperidine rings is 1. The third kappa shape index (κ3) is 5.37. The maximum absolute atomic E-state index is 12.5.